The molecule has 2 fully saturated rings. The van der Waals surface area contributed by atoms with Crippen LogP contribution < -0.4 is 5.32 Å². The third kappa shape index (κ3) is 5.95. The van der Waals surface area contributed by atoms with Crippen LogP contribution in [0.25, 0.3) is 0 Å². The number of nitrogens with zero attached hydrogens (tertiary/aromatic N) is 2. The Morgan fingerprint density at radius 2 is 1.90 bits per heavy atom. The highest BCUT2D eigenvalue weighted by Gasteiger charge is 2.38. The van der Waals surface area contributed by atoms with Crippen molar-refractivity contribution in [1.82, 2.24) is 15.1 Å². The van der Waals surface area contributed by atoms with Crippen LogP contribution in [0.5, 0.6) is 0 Å². The predicted octanol–water partition coefficient (Wildman–Crippen LogP) is 3.03. The lowest BCUT2D eigenvalue weighted by Crippen LogP contribution is -2.53. The Morgan fingerprint density at radius 3 is 2.48 bits per heavy atom. The molecule has 2 aliphatic rings. The van der Waals surface area contributed by atoms with E-state index in [9.17, 15) is 23.9 Å². The number of nitrogens with one attached hydrogen (secondary N) is 1. The first-order valence-corrected chi connectivity index (χ1v) is 10.9. The van der Waals surface area contributed by atoms with E-state index >= 15 is 0 Å². The third-order valence-corrected chi connectivity index (χ3v) is 5.95. The standard InChI is InChI=1S/C23H32FN3O4/c1-23(2,3)27(22(30)31)18(12-16-6-4-5-7-19(16)24)13-20(28)26-11-10-17(14-26)25-21(29)15-8-9-15/h4-7,15,17-18H,8-14H2,1-3H3,(H,25,29)(H,30,31)/t17-,18-/m1/s1. The maximum atomic E-state index is 14.3. The van der Waals surface area contributed by atoms with Gasteiger partial charge in [-0.3, -0.25) is 14.5 Å². The molecule has 0 spiro atoms. The van der Waals surface area contributed by atoms with Gasteiger partial charge in [-0.25, -0.2) is 9.18 Å². The van der Waals surface area contributed by atoms with Crippen molar-refractivity contribution in [3.05, 3.63) is 35.6 Å². The van der Waals surface area contributed by atoms with Gasteiger partial charge >= 0.3 is 6.09 Å². The quantitative estimate of drug-likeness (QED) is 0.692. The molecule has 1 saturated heterocycles. The lowest BCUT2D eigenvalue weighted by atomic mass is 9.95. The zero-order valence-corrected chi connectivity index (χ0v) is 18.4. The summed E-state index contributed by atoms with van der Waals surface area (Å²) in [7, 11) is 0. The molecule has 0 bridgehead atoms. The number of carboxylic acid groups (broad SMARTS) is 1. The second-order valence-corrected chi connectivity index (χ2v) is 9.59. The first-order valence-electron chi connectivity index (χ1n) is 10.9. The highest BCUT2D eigenvalue weighted by atomic mass is 19.1. The van der Waals surface area contributed by atoms with Gasteiger partial charge in [-0.15, -0.1) is 0 Å². The molecule has 0 radical (unpaired) electrons. The van der Waals surface area contributed by atoms with Crippen molar-refractivity contribution in [2.45, 2.75) is 70.5 Å². The molecule has 1 aliphatic carbocycles. The predicted molar refractivity (Wildman–Crippen MR) is 114 cm³/mol. The molecule has 8 heteroatoms. The minimum atomic E-state index is -1.14. The molecule has 170 valence electrons. The first kappa shape index (κ1) is 23.0. The number of rotatable bonds is 7. The molecular weight excluding hydrogens is 401 g/mol. The molecule has 2 N–H and O–H groups in total. The summed E-state index contributed by atoms with van der Waals surface area (Å²) in [5, 5.41) is 12.9. The highest BCUT2D eigenvalue weighted by molar-refractivity contribution is 5.82. The second-order valence-electron chi connectivity index (χ2n) is 9.59. The molecule has 7 nitrogen and oxygen atoms in total. The summed E-state index contributed by atoms with van der Waals surface area (Å²) in [6.07, 6.45) is 1.47. The number of benzene rings is 1. The number of amides is 3. The van der Waals surface area contributed by atoms with E-state index in [2.05, 4.69) is 5.32 Å². The molecule has 31 heavy (non-hydrogen) atoms. The fourth-order valence-corrected chi connectivity index (χ4v) is 4.26. The van der Waals surface area contributed by atoms with Gasteiger partial charge in [0.1, 0.15) is 5.82 Å². The molecule has 0 aromatic heterocycles. The summed E-state index contributed by atoms with van der Waals surface area (Å²) in [5.74, 6) is -0.421. The molecule has 3 amide bonds. The topological polar surface area (TPSA) is 90.0 Å². The molecule has 1 heterocycles. The van der Waals surface area contributed by atoms with Crippen LogP contribution in [0.15, 0.2) is 24.3 Å². The van der Waals surface area contributed by atoms with E-state index in [0.29, 0.717) is 25.1 Å². The maximum Gasteiger partial charge on any atom is 0.408 e. The smallest absolute Gasteiger partial charge is 0.408 e. The van der Waals surface area contributed by atoms with Crippen molar-refractivity contribution in [3.8, 4) is 0 Å². The van der Waals surface area contributed by atoms with Crippen molar-refractivity contribution in [3.63, 3.8) is 0 Å². The highest BCUT2D eigenvalue weighted by Crippen LogP contribution is 2.29. The Bertz CT molecular complexity index is 834. The van der Waals surface area contributed by atoms with Crippen LogP contribution in [0.3, 0.4) is 0 Å². The lowest BCUT2D eigenvalue weighted by molar-refractivity contribution is -0.132. The average Bonchev–Trinajstić information content (AvgIpc) is 3.41. The number of hydrogen-bond acceptors (Lipinski definition) is 3. The number of halogens is 1. The van der Waals surface area contributed by atoms with Gasteiger partial charge in [0.15, 0.2) is 0 Å². The Kier molecular flexibility index (Phi) is 6.86. The van der Waals surface area contributed by atoms with Crippen molar-refractivity contribution in [2.75, 3.05) is 13.1 Å². The van der Waals surface area contributed by atoms with Gasteiger partial charge in [0.25, 0.3) is 0 Å². The molecule has 1 aromatic carbocycles. The minimum Gasteiger partial charge on any atom is -0.465 e. The Morgan fingerprint density at radius 1 is 1.23 bits per heavy atom. The van der Waals surface area contributed by atoms with Gasteiger partial charge in [-0.2, -0.15) is 0 Å². The van der Waals surface area contributed by atoms with E-state index in [4.69, 9.17) is 0 Å². The molecule has 2 atom stereocenters. The fourth-order valence-electron chi connectivity index (χ4n) is 4.26. The van der Waals surface area contributed by atoms with E-state index in [1.54, 1.807) is 43.9 Å². The Hall–Kier alpha value is -2.64. The number of carbonyl (C=O) groups is 3. The van der Waals surface area contributed by atoms with Crippen LogP contribution in [0.2, 0.25) is 0 Å². The van der Waals surface area contributed by atoms with Crippen LogP contribution in [-0.4, -0.2) is 63.5 Å². The SMILES string of the molecule is CC(C)(C)N(C(=O)O)[C@@H](CC(=O)N1CC[C@@H](NC(=O)C2CC2)C1)Cc1ccccc1F. The van der Waals surface area contributed by atoms with Crippen LogP contribution in [0, 0.1) is 11.7 Å². The molecule has 3 rings (SSSR count). The zero-order chi connectivity index (χ0) is 22.8. The monoisotopic (exact) mass is 433 g/mol. The average molecular weight is 434 g/mol. The largest absolute Gasteiger partial charge is 0.465 e. The second kappa shape index (κ2) is 9.24. The minimum absolute atomic E-state index is 0.0405. The third-order valence-electron chi connectivity index (χ3n) is 5.95. The number of likely N-dealkylation sites (tertiary alicyclic amines) is 1. The van der Waals surface area contributed by atoms with Crippen LogP contribution in [0.4, 0.5) is 9.18 Å². The van der Waals surface area contributed by atoms with Gasteiger partial charge in [-0.05, 0) is 58.1 Å². The van der Waals surface area contributed by atoms with Crippen molar-refractivity contribution in [1.29, 1.82) is 0 Å². The van der Waals surface area contributed by atoms with Crippen molar-refractivity contribution in [2.24, 2.45) is 5.92 Å². The van der Waals surface area contributed by atoms with Crippen molar-refractivity contribution >= 4 is 17.9 Å². The van der Waals surface area contributed by atoms with Gasteiger partial charge in [-0.1, -0.05) is 18.2 Å². The maximum absolute atomic E-state index is 14.3. The first-order chi connectivity index (χ1) is 14.6. The summed E-state index contributed by atoms with van der Waals surface area (Å²) in [5.41, 5.74) is -0.375. The van der Waals surface area contributed by atoms with Gasteiger partial charge in [0.05, 0.1) is 0 Å². The summed E-state index contributed by atoms with van der Waals surface area (Å²) >= 11 is 0. The number of hydrogen-bond donors (Lipinski definition) is 2. The van der Waals surface area contributed by atoms with Crippen LogP contribution in [0.1, 0.15) is 52.0 Å². The Labute approximate surface area is 182 Å². The summed E-state index contributed by atoms with van der Waals surface area (Å²) in [4.78, 5) is 40.1. The van der Waals surface area contributed by atoms with E-state index in [-0.39, 0.29) is 36.6 Å². The van der Waals surface area contributed by atoms with E-state index in [1.807, 2.05) is 0 Å². The summed E-state index contributed by atoms with van der Waals surface area (Å²) in [6.45, 7) is 6.23. The fraction of sp³-hybridized carbons (Fsp3) is 0.609. The van der Waals surface area contributed by atoms with Crippen LogP contribution >= 0.6 is 0 Å². The molecular formula is C23H32FN3O4. The van der Waals surface area contributed by atoms with E-state index < -0.39 is 23.5 Å². The van der Waals surface area contributed by atoms with Gasteiger partial charge in [0, 0.05) is 43.1 Å². The lowest BCUT2D eigenvalue weighted by Gasteiger charge is -2.40. The summed E-state index contributed by atoms with van der Waals surface area (Å²) in [6, 6.07) is 5.46. The van der Waals surface area contributed by atoms with Crippen molar-refractivity contribution < 1.29 is 23.9 Å². The molecule has 1 aliphatic heterocycles. The van der Waals surface area contributed by atoms with E-state index in [0.717, 1.165) is 12.8 Å². The van der Waals surface area contributed by atoms with Gasteiger partial charge in [0.2, 0.25) is 11.8 Å². The summed E-state index contributed by atoms with van der Waals surface area (Å²) < 4.78 is 14.3. The van der Waals surface area contributed by atoms with E-state index in [1.165, 1.54) is 11.0 Å². The number of carbonyl (C=O) groups excluding carboxylic acids is 2. The Balaban J connectivity index is 1.71. The molecule has 0 unspecified atom stereocenters. The van der Waals surface area contributed by atoms with Crippen LogP contribution in [-0.2, 0) is 16.0 Å². The molecule has 1 saturated carbocycles. The molecule has 1 aromatic rings. The zero-order valence-electron chi connectivity index (χ0n) is 18.4. The normalized spacial score (nSPS) is 19.7. The van der Waals surface area contributed by atoms with Gasteiger partial charge < -0.3 is 15.3 Å².